The van der Waals surface area contributed by atoms with Gasteiger partial charge in [0.05, 0.1) is 7.11 Å². The highest BCUT2D eigenvalue weighted by Crippen LogP contribution is 2.22. The smallest absolute Gasteiger partial charge is 0.321 e. The molecule has 2 amide bonds. The molecule has 0 aliphatic carbocycles. The molecule has 2 aliphatic rings. The van der Waals surface area contributed by atoms with E-state index in [9.17, 15) is 4.79 Å². The van der Waals surface area contributed by atoms with E-state index in [0.29, 0.717) is 6.04 Å². The topological polar surface area (TPSA) is 56.8 Å². The lowest BCUT2D eigenvalue weighted by molar-refractivity contribution is 0.119. The van der Waals surface area contributed by atoms with E-state index in [1.165, 1.54) is 6.42 Å². The molecule has 2 aliphatic heterocycles. The van der Waals surface area contributed by atoms with Crippen LogP contribution in [0.25, 0.3) is 0 Å². The van der Waals surface area contributed by atoms with Gasteiger partial charge in [0, 0.05) is 50.5 Å². The van der Waals surface area contributed by atoms with Crippen LogP contribution in [-0.2, 0) is 0 Å². The highest BCUT2D eigenvalue weighted by molar-refractivity contribution is 5.90. The molecule has 2 saturated heterocycles. The average molecular weight is 318 g/mol. The average Bonchev–Trinajstić information content (AvgIpc) is 3.11. The van der Waals surface area contributed by atoms with Crippen LogP contribution in [0.5, 0.6) is 5.75 Å². The number of amides is 2. The van der Waals surface area contributed by atoms with Crippen LogP contribution in [0.3, 0.4) is 0 Å². The molecule has 3 rings (SSSR count). The first-order valence-electron chi connectivity index (χ1n) is 8.32. The third-order valence-corrected chi connectivity index (χ3v) is 4.84. The fourth-order valence-electron chi connectivity index (χ4n) is 3.30. The lowest BCUT2D eigenvalue weighted by Crippen LogP contribution is -2.53. The summed E-state index contributed by atoms with van der Waals surface area (Å²) in [5.74, 6) is 0.754. The lowest BCUT2D eigenvalue weighted by atomic mass is 10.2. The van der Waals surface area contributed by atoms with Gasteiger partial charge in [-0.25, -0.2) is 4.79 Å². The Morgan fingerprint density at radius 3 is 2.74 bits per heavy atom. The number of benzene rings is 1. The number of rotatable bonds is 3. The van der Waals surface area contributed by atoms with E-state index < -0.39 is 0 Å². The van der Waals surface area contributed by atoms with Crippen LogP contribution in [0.1, 0.15) is 12.0 Å². The number of anilines is 1. The van der Waals surface area contributed by atoms with Gasteiger partial charge in [-0.3, -0.25) is 4.90 Å². The molecule has 0 bridgehead atoms. The molecule has 1 aromatic rings. The van der Waals surface area contributed by atoms with E-state index >= 15 is 0 Å². The molecule has 0 spiro atoms. The van der Waals surface area contributed by atoms with Crippen molar-refractivity contribution in [3.05, 3.63) is 23.8 Å². The van der Waals surface area contributed by atoms with E-state index in [-0.39, 0.29) is 6.03 Å². The minimum absolute atomic E-state index is 0.0226. The van der Waals surface area contributed by atoms with Crippen molar-refractivity contribution < 1.29 is 9.53 Å². The Morgan fingerprint density at radius 1 is 1.30 bits per heavy atom. The van der Waals surface area contributed by atoms with Crippen molar-refractivity contribution in [1.82, 2.24) is 15.1 Å². The molecule has 126 valence electrons. The van der Waals surface area contributed by atoms with Crippen molar-refractivity contribution >= 4 is 11.7 Å². The second-order valence-electron chi connectivity index (χ2n) is 6.28. The minimum Gasteiger partial charge on any atom is -0.497 e. The van der Waals surface area contributed by atoms with Crippen LogP contribution in [0, 0.1) is 6.92 Å². The predicted octanol–water partition coefficient (Wildman–Crippen LogP) is 1.52. The Labute approximate surface area is 137 Å². The normalized spacial score (nSPS) is 22.2. The summed E-state index contributed by atoms with van der Waals surface area (Å²) in [6.45, 7) is 7.65. The number of aryl methyl sites for hydroxylation is 1. The summed E-state index contributed by atoms with van der Waals surface area (Å²) >= 11 is 0. The van der Waals surface area contributed by atoms with E-state index in [2.05, 4.69) is 15.5 Å². The van der Waals surface area contributed by atoms with Crippen molar-refractivity contribution in [3.63, 3.8) is 0 Å². The second-order valence-corrected chi connectivity index (χ2v) is 6.28. The van der Waals surface area contributed by atoms with Gasteiger partial charge < -0.3 is 20.3 Å². The summed E-state index contributed by atoms with van der Waals surface area (Å²) in [5, 5.41) is 6.42. The fourth-order valence-corrected chi connectivity index (χ4v) is 3.30. The van der Waals surface area contributed by atoms with Crippen LogP contribution in [0.4, 0.5) is 10.5 Å². The Hall–Kier alpha value is -1.79. The summed E-state index contributed by atoms with van der Waals surface area (Å²) in [6.07, 6.45) is 1.22. The summed E-state index contributed by atoms with van der Waals surface area (Å²) in [7, 11) is 1.63. The number of carbonyl (C=O) groups is 1. The van der Waals surface area contributed by atoms with Gasteiger partial charge >= 0.3 is 6.03 Å². The quantitative estimate of drug-likeness (QED) is 0.887. The Balaban J connectivity index is 1.55. The summed E-state index contributed by atoms with van der Waals surface area (Å²) in [6, 6.07) is 6.35. The molecule has 6 heteroatoms. The molecule has 2 heterocycles. The Kier molecular flexibility index (Phi) is 5.03. The number of nitrogens with one attached hydrogen (secondary N) is 2. The first-order chi connectivity index (χ1) is 11.2. The largest absolute Gasteiger partial charge is 0.497 e. The first-order valence-corrected chi connectivity index (χ1v) is 8.32. The van der Waals surface area contributed by atoms with E-state index in [0.717, 1.165) is 56.3 Å². The maximum Gasteiger partial charge on any atom is 0.321 e. The number of methoxy groups -OCH3 is 1. The molecular weight excluding hydrogens is 292 g/mol. The van der Waals surface area contributed by atoms with Crippen molar-refractivity contribution in [2.45, 2.75) is 19.4 Å². The zero-order chi connectivity index (χ0) is 16.2. The molecule has 0 saturated carbocycles. The molecule has 6 nitrogen and oxygen atoms in total. The molecular formula is C17H26N4O2. The molecule has 2 fully saturated rings. The third-order valence-electron chi connectivity index (χ3n) is 4.84. The summed E-state index contributed by atoms with van der Waals surface area (Å²) < 4.78 is 5.23. The number of hydrogen-bond donors (Lipinski definition) is 2. The third kappa shape index (κ3) is 3.76. The van der Waals surface area contributed by atoms with Crippen LogP contribution in [-0.4, -0.2) is 68.3 Å². The number of carbonyl (C=O) groups excluding carboxylic acids is 1. The van der Waals surface area contributed by atoms with Crippen molar-refractivity contribution in [1.29, 1.82) is 0 Å². The number of piperazine rings is 1. The van der Waals surface area contributed by atoms with Crippen molar-refractivity contribution in [2.75, 3.05) is 51.7 Å². The van der Waals surface area contributed by atoms with Crippen LogP contribution in [0.2, 0.25) is 0 Å². The minimum atomic E-state index is -0.0226. The monoisotopic (exact) mass is 318 g/mol. The number of hydrogen-bond acceptors (Lipinski definition) is 4. The molecule has 0 aromatic heterocycles. The van der Waals surface area contributed by atoms with Crippen molar-refractivity contribution in [3.8, 4) is 5.75 Å². The Morgan fingerprint density at radius 2 is 2.09 bits per heavy atom. The SMILES string of the molecule is COc1ccc(C)c(NC(=O)N2CCN(C3CCNC3)CC2)c1. The van der Waals surface area contributed by atoms with Gasteiger partial charge in [0.2, 0.25) is 0 Å². The van der Waals surface area contributed by atoms with Crippen molar-refractivity contribution in [2.24, 2.45) is 0 Å². The van der Waals surface area contributed by atoms with Gasteiger partial charge in [-0.1, -0.05) is 6.07 Å². The zero-order valence-corrected chi connectivity index (χ0v) is 14.0. The highest BCUT2D eigenvalue weighted by Gasteiger charge is 2.27. The number of urea groups is 1. The maximum atomic E-state index is 12.5. The highest BCUT2D eigenvalue weighted by atomic mass is 16.5. The summed E-state index contributed by atoms with van der Waals surface area (Å²) in [5.41, 5.74) is 1.85. The molecule has 1 atom stereocenters. The second kappa shape index (κ2) is 7.19. The van der Waals surface area contributed by atoms with Crippen LogP contribution in [0.15, 0.2) is 18.2 Å². The van der Waals surface area contributed by atoms with E-state index in [4.69, 9.17) is 4.74 Å². The molecule has 1 aromatic carbocycles. The standard InChI is InChI=1S/C17H26N4O2/c1-13-3-4-15(23-2)11-16(13)19-17(22)21-9-7-20(8-10-21)14-5-6-18-12-14/h3-4,11,14,18H,5-10,12H2,1-2H3,(H,19,22). The summed E-state index contributed by atoms with van der Waals surface area (Å²) in [4.78, 5) is 16.9. The van der Waals surface area contributed by atoms with E-state index in [1.807, 2.05) is 30.0 Å². The molecule has 0 radical (unpaired) electrons. The lowest BCUT2D eigenvalue weighted by Gasteiger charge is -2.37. The van der Waals surface area contributed by atoms with Gasteiger partial charge in [0.25, 0.3) is 0 Å². The van der Waals surface area contributed by atoms with Gasteiger partial charge in [-0.05, 0) is 31.5 Å². The number of nitrogens with zero attached hydrogens (tertiary/aromatic N) is 2. The zero-order valence-electron chi connectivity index (χ0n) is 14.0. The first kappa shape index (κ1) is 16.1. The fraction of sp³-hybridized carbons (Fsp3) is 0.588. The van der Waals surface area contributed by atoms with Gasteiger partial charge in [0.15, 0.2) is 0 Å². The van der Waals surface area contributed by atoms with E-state index in [1.54, 1.807) is 7.11 Å². The Bertz CT molecular complexity index is 550. The van der Waals surface area contributed by atoms with Crippen LogP contribution >= 0.6 is 0 Å². The van der Waals surface area contributed by atoms with Crippen LogP contribution < -0.4 is 15.4 Å². The molecule has 23 heavy (non-hydrogen) atoms. The molecule has 1 unspecified atom stereocenters. The van der Waals surface area contributed by atoms with Gasteiger partial charge in [-0.15, -0.1) is 0 Å². The number of ether oxygens (including phenoxy) is 1. The van der Waals surface area contributed by atoms with Gasteiger partial charge in [-0.2, -0.15) is 0 Å². The maximum absolute atomic E-state index is 12.5. The predicted molar refractivity (Wildman–Crippen MR) is 91.2 cm³/mol. The van der Waals surface area contributed by atoms with Gasteiger partial charge in [0.1, 0.15) is 5.75 Å². The molecule has 2 N–H and O–H groups in total.